The highest BCUT2D eigenvalue weighted by Crippen LogP contribution is 2.39. The Bertz CT molecular complexity index is 2660. The molecule has 1 aliphatic heterocycles. The number of nitrogens with two attached hydrogens (primary N) is 4. The maximum atomic E-state index is 14.8. The topological polar surface area (TPSA) is 378 Å². The predicted molar refractivity (Wildman–Crippen MR) is 282 cm³/mol. The van der Waals surface area contributed by atoms with Crippen LogP contribution in [0.2, 0.25) is 0 Å². The van der Waals surface area contributed by atoms with Gasteiger partial charge in [0.2, 0.25) is 47.3 Å². The van der Waals surface area contributed by atoms with E-state index in [-0.39, 0.29) is 56.1 Å². The lowest BCUT2D eigenvalue weighted by molar-refractivity contribution is -0.135. The molecule has 74 heavy (non-hydrogen) atoms. The first-order valence-electron chi connectivity index (χ1n) is 23.6. The first kappa shape index (κ1) is 57.5. The van der Waals surface area contributed by atoms with Gasteiger partial charge in [-0.05, 0) is 72.7 Å². The maximum Gasteiger partial charge on any atom is 0.245 e. The van der Waals surface area contributed by atoms with Gasteiger partial charge in [0.05, 0.1) is 19.2 Å². The maximum absolute atomic E-state index is 14.8. The van der Waals surface area contributed by atoms with Crippen LogP contribution in [0.15, 0.2) is 102 Å². The van der Waals surface area contributed by atoms with E-state index in [1.54, 1.807) is 62.4 Å². The Morgan fingerprint density at radius 1 is 0.757 bits per heavy atom. The van der Waals surface area contributed by atoms with Gasteiger partial charge in [0.1, 0.15) is 42.0 Å². The van der Waals surface area contributed by atoms with Gasteiger partial charge < -0.3 is 70.4 Å². The molecule has 1 heterocycles. The number of hydrogen-bond acceptors (Lipinski definition) is 14. The van der Waals surface area contributed by atoms with Gasteiger partial charge in [-0.3, -0.25) is 43.3 Å². The molecule has 0 aromatic heterocycles. The summed E-state index contributed by atoms with van der Waals surface area (Å²) in [5, 5.41) is 40.1. The summed E-state index contributed by atoms with van der Waals surface area (Å²) in [5.41, 5.74) is 24.8. The second-order valence-corrected chi connectivity index (χ2v) is 21.1. The number of primary amides is 1. The largest absolute Gasteiger partial charge is 0.508 e. The Hall–Kier alpha value is -7.41. The van der Waals surface area contributed by atoms with Gasteiger partial charge in [0.25, 0.3) is 0 Å². The molecule has 0 bridgehead atoms. The summed E-state index contributed by atoms with van der Waals surface area (Å²) in [6.07, 6.45) is 0.0444. The normalized spacial score (nSPS) is 21.0. The van der Waals surface area contributed by atoms with E-state index < -0.39 is 107 Å². The monoisotopic (exact) mass is 1060 g/mol. The first-order chi connectivity index (χ1) is 35.2. The van der Waals surface area contributed by atoms with E-state index in [2.05, 4.69) is 42.2 Å². The molecular formula is C50H64N12O10S2. The summed E-state index contributed by atoms with van der Waals surface area (Å²) < 4.78 is -1.32. The standard InChI is InChI=1S/C50H64N12O10S2/c1-50(2)41(62-43(67)34(51)22-29-15-18-33(64)19-16-29)48(72)60-36(24-30-14-17-31-11-6-7-12-32(31)21-30)44(68)56-25-40(65)57-38(26-63)46(70)59-37(23-28-9-4-3-5-10-28)45(69)61-39(27-73-74-50)47(71)58-35(42(52)66)13-8-20-55-49(53)54/h3-7,9-12,14-19,21,34-39,41,63-64H,8,13,20,22-27,51H2,1-2H3,(H2,52,66)(H,56,68)(H,57,65)(H,58,71)(H,59,70)(H,60,72)(H,61,69)(H,62,67)(H4,53,54,55)/t34-,35-,36-,37+,38-,39+,41-/m0/s1. The molecule has 0 spiro atoms. The van der Waals surface area contributed by atoms with Crippen LogP contribution in [-0.2, 0) is 57.6 Å². The number of nitrogens with one attached hydrogen (secondary N) is 7. The van der Waals surface area contributed by atoms with Crippen molar-refractivity contribution in [3.63, 3.8) is 0 Å². The number of hydrogen-bond donors (Lipinski definition) is 13. The summed E-state index contributed by atoms with van der Waals surface area (Å²) in [6.45, 7) is 1.73. The number of aliphatic hydroxyl groups excluding tert-OH is 1. The van der Waals surface area contributed by atoms with E-state index in [4.69, 9.17) is 22.9 Å². The molecular weight excluding hydrogens is 993 g/mol. The molecule has 22 nitrogen and oxygen atoms in total. The van der Waals surface area contributed by atoms with Crippen LogP contribution in [0.4, 0.5) is 0 Å². The van der Waals surface area contributed by atoms with Crippen molar-refractivity contribution in [2.45, 2.75) is 93.0 Å². The van der Waals surface area contributed by atoms with Crippen LogP contribution in [0.1, 0.15) is 43.4 Å². The number of carbonyl (C=O) groups is 8. The van der Waals surface area contributed by atoms with Crippen molar-refractivity contribution in [1.29, 1.82) is 0 Å². The highest BCUT2D eigenvalue weighted by atomic mass is 33.1. The first-order valence-corrected chi connectivity index (χ1v) is 25.9. The van der Waals surface area contributed by atoms with Gasteiger partial charge in [-0.2, -0.15) is 0 Å². The van der Waals surface area contributed by atoms with Crippen molar-refractivity contribution < 1.29 is 48.6 Å². The Labute approximate surface area is 435 Å². The number of amides is 8. The molecule has 1 fully saturated rings. The molecule has 0 unspecified atom stereocenters. The Balaban J connectivity index is 1.54. The number of phenolic OH excluding ortho intramolecular Hbond substituents is 1. The van der Waals surface area contributed by atoms with Gasteiger partial charge >= 0.3 is 0 Å². The second kappa shape index (κ2) is 27.6. The van der Waals surface area contributed by atoms with Gasteiger partial charge in [0.15, 0.2) is 5.96 Å². The highest BCUT2D eigenvalue weighted by Gasteiger charge is 2.41. The lowest BCUT2D eigenvalue weighted by atomic mass is 9.98. The van der Waals surface area contributed by atoms with E-state index in [1.165, 1.54) is 12.1 Å². The summed E-state index contributed by atoms with van der Waals surface area (Å²) >= 11 is 0. The summed E-state index contributed by atoms with van der Waals surface area (Å²) in [6, 6.07) is 17.8. The van der Waals surface area contributed by atoms with Crippen molar-refractivity contribution in [2.24, 2.45) is 27.9 Å². The molecule has 17 N–H and O–H groups in total. The fourth-order valence-corrected chi connectivity index (χ4v) is 10.5. The van der Waals surface area contributed by atoms with Crippen LogP contribution in [0.25, 0.3) is 10.8 Å². The molecule has 4 aromatic carbocycles. The smallest absolute Gasteiger partial charge is 0.245 e. The van der Waals surface area contributed by atoms with Gasteiger partial charge in [-0.1, -0.05) is 107 Å². The zero-order valence-corrected chi connectivity index (χ0v) is 42.5. The minimum absolute atomic E-state index is 0.00512. The number of aromatic hydroxyl groups is 1. The third kappa shape index (κ3) is 17.7. The van der Waals surface area contributed by atoms with Crippen LogP contribution in [0.3, 0.4) is 0 Å². The van der Waals surface area contributed by atoms with E-state index in [9.17, 15) is 48.6 Å². The minimum Gasteiger partial charge on any atom is -0.508 e. The molecule has 0 saturated carbocycles. The van der Waals surface area contributed by atoms with Crippen molar-refractivity contribution >= 4 is 85.6 Å². The molecule has 0 radical (unpaired) electrons. The molecule has 7 atom stereocenters. The quantitative estimate of drug-likeness (QED) is 0.0267. The Morgan fingerprint density at radius 3 is 2.05 bits per heavy atom. The fraction of sp³-hybridized carbons (Fsp3) is 0.380. The third-order valence-corrected chi connectivity index (χ3v) is 15.1. The van der Waals surface area contributed by atoms with Crippen molar-refractivity contribution in [1.82, 2.24) is 37.2 Å². The fourth-order valence-electron chi connectivity index (χ4n) is 7.73. The van der Waals surface area contributed by atoms with Crippen molar-refractivity contribution in [3.8, 4) is 5.75 Å². The predicted octanol–water partition coefficient (Wildman–Crippen LogP) is -1.37. The number of aliphatic hydroxyl groups is 1. The van der Waals surface area contributed by atoms with E-state index >= 15 is 0 Å². The lowest BCUT2D eigenvalue weighted by Crippen LogP contribution is -2.62. The third-order valence-electron chi connectivity index (χ3n) is 11.8. The zero-order valence-electron chi connectivity index (χ0n) is 40.9. The molecule has 24 heteroatoms. The number of benzene rings is 4. The number of carbonyl (C=O) groups excluding carboxylic acids is 8. The van der Waals surface area contributed by atoms with Crippen LogP contribution in [0.5, 0.6) is 5.75 Å². The number of aliphatic imine (C=N–C) groups is 1. The Morgan fingerprint density at radius 2 is 1.38 bits per heavy atom. The lowest BCUT2D eigenvalue weighted by Gasteiger charge is -2.35. The second-order valence-electron chi connectivity index (χ2n) is 18.1. The molecule has 1 aliphatic rings. The van der Waals surface area contributed by atoms with Crippen LogP contribution in [0, 0.1) is 0 Å². The van der Waals surface area contributed by atoms with Gasteiger partial charge in [-0.25, -0.2) is 0 Å². The van der Waals surface area contributed by atoms with Crippen molar-refractivity contribution in [2.75, 3.05) is 25.4 Å². The summed E-state index contributed by atoms with van der Waals surface area (Å²) in [4.78, 5) is 115. The molecule has 4 aromatic rings. The zero-order chi connectivity index (χ0) is 54.0. The number of rotatable bonds is 16. The van der Waals surface area contributed by atoms with E-state index in [1.807, 2.05) is 36.4 Å². The number of nitrogens with zero attached hydrogens (tertiary/aromatic N) is 1. The van der Waals surface area contributed by atoms with Crippen LogP contribution < -0.4 is 60.2 Å². The molecule has 0 aliphatic carbocycles. The average molecular weight is 1060 g/mol. The van der Waals surface area contributed by atoms with Crippen LogP contribution in [-0.4, -0.2) is 136 Å². The average Bonchev–Trinajstić information content (AvgIpc) is 3.36. The summed E-state index contributed by atoms with van der Waals surface area (Å²) in [5.74, 6) is -7.32. The SMILES string of the molecule is CC1(C)SSC[C@H](C(=O)N[C@@H](CCCN=C(N)N)C(N)=O)NC(=O)[C@@H](Cc2ccccc2)NC(=O)[C@H](CO)NC(=O)CNC(=O)[C@H](Cc2ccc3ccccc3c2)NC(=O)[C@@H]1NC(=O)[C@@H](N)Cc1ccc(O)cc1. The van der Waals surface area contributed by atoms with E-state index in [0.717, 1.165) is 32.4 Å². The van der Waals surface area contributed by atoms with E-state index in [0.29, 0.717) is 16.7 Å². The number of phenols is 1. The molecule has 396 valence electrons. The Kier molecular flexibility index (Phi) is 21.4. The number of guanidine groups is 1. The molecule has 8 amide bonds. The summed E-state index contributed by atoms with van der Waals surface area (Å²) in [7, 11) is 2.06. The number of fused-ring (bicyclic) bond motifs is 1. The van der Waals surface area contributed by atoms with Crippen LogP contribution >= 0.6 is 21.6 Å². The van der Waals surface area contributed by atoms with Crippen molar-refractivity contribution in [3.05, 3.63) is 114 Å². The molecule has 1 saturated heterocycles. The van der Waals surface area contributed by atoms with Gasteiger partial charge in [-0.15, -0.1) is 0 Å². The minimum atomic E-state index is -1.63. The molecule has 5 rings (SSSR count). The highest BCUT2D eigenvalue weighted by molar-refractivity contribution is 8.77. The van der Waals surface area contributed by atoms with Gasteiger partial charge in [0, 0.05) is 29.9 Å².